The van der Waals surface area contributed by atoms with Crippen LogP contribution in [0.2, 0.25) is 0 Å². The number of nitrogens with two attached hydrogens (primary N) is 1. The van der Waals surface area contributed by atoms with Gasteiger partial charge >= 0.3 is 0 Å². The van der Waals surface area contributed by atoms with Crippen LogP contribution in [0.5, 0.6) is 0 Å². The topological polar surface area (TPSA) is 53.1 Å². The van der Waals surface area contributed by atoms with E-state index in [4.69, 9.17) is 10.5 Å². The highest BCUT2D eigenvalue weighted by Crippen LogP contribution is 2.21. The average molecular weight is 195 g/mol. The number of anilines is 1. The molecule has 2 N–H and O–H groups in total. The third-order valence-electron chi connectivity index (χ3n) is 2.84. The number of rotatable bonds is 2. The number of nitrogens with zero attached hydrogens (tertiary/aromatic N) is 2. The molecule has 2 atom stereocenters. The average Bonchev–Trinajstić information content (AvgIpc) is 2.67. The summed E-state index contributed by atoms with van der Waals surface area (Å²) >= 11 is 0. The van der Waals surface area contributed by atoms with E-state index < -0.39 is 0 Å². The Hall–Kier alpha value is -1.03. The highest BCUT2D eigenvalue weighted by molar-refractivity contribution is 5.39. The second-order valence-electron chi connectivity index (χ2n) is 4.01. The van der Waals surface area contributed by atoms with E-state index in [2.05, 4.69) is 12.0 Å². The molecule has 4 heteroatoms. The van der Waals surface area contributed by atoms with Gasteiger partial charge in [-0.25, -0.2) is 0 Å². The first-order chi connectivity index (χ1) is 6.66. The maximum absolute atomic E-state index is 5.73. The van der Waals surface area contributed by atoms with Crippen LogP contribution in [-0.2, 0) is 11.3 Å². The van der Waals surface area contributed by atoms with Crippen molar-refractivity contribution in [3.05, 3.63) is 11.9 Å². The molecule has 1 fully saturated rings. The summed E-state index contributed by atoms with van der Waals surface area (Å²) in [7, 11) is 0. The van der Waals surface area contributed by atoms with E-state index in [-0.39, 0.29) is 0 Å². The van der Waals surface area contributed by atoms with Gasteiger partial charge in [-0.15, -0.1) is 0 Å². The Morgan fingerprint density at radius 2 is 2.43 bits per heavy atom. The van der Waals surface area contributed by atoms with Crippen LogP contribution in [0.3, 0.4) is 0 Å². The zero-order valence-corrected chi connectivity index (χ0v) is 8.73. The summed E-state index contributed by atoms with van der Waals surface area (Å²) in [5, 5.41) is 4.22. The summed E-state index contributed by atoms with van der Waals surface area (Å²) in [5.74, 6) is 0. The van der Waals surface area contributed by atoms with Crippen LogP contribution < -0.4 is 5.73 Å². The third kappa shape index (κ3) is 1.75. The van der Waals surface area contributed by atoms with Gasteiger partial charge in [0.05, 0.1) is 36.3 Å². The fourth-order valence-electron chi connectivity index (χ4n) is 1.86. The smallest absolute Gasteiger partial charge is 0.0775 e. The number of ether oxygens (including phenoxy) is 1. The summed E-state index contributed by atoms with van der Waals surface area (Å²) in [6.45, 7) is 4.93. The molecule has 14 heavy (non-hydrogen) atoms. The first kappa shape index (κ1) is 9.52. The molecule has 0 spiro atoms. The normalized spacial score (nSPS) is 27.0. The van der Waals surface area contributed by atoms with Crippen molar-refractivity contribution in [2.45, 2.75) is 45.4 Å². The molecule has 0 bridgehead atoms. The molecular weight excluding hydrogens is 178 g/mol. The van der Waals surface area contributed by atoms with Gasteiger partial charge in [0, 0.05) is 0 Å². The molecule has 1 aliphatic rings. The van der Waals surface area contributed by atoms with E-state index in [1.165, 1.54) is 0 Å². The van der Waals surface area contributed by atoms with Gasteiger partial charge in [0.25, 0.3) is 0 Å². The molecule has 0 saturated carbocycles. The van der Waals surface area contributed by atoms with Gasteiger partial charge in [-0.05, 0) is 26.7 Å². The zero-order valence-electron chi connectivity index (χ0n) is 8.73. The maximum atomic E-state index is 5.73. The molecule has 4 nitrogen and oxygen atoms in total. The largest absolute Gasteiger partial charge is 0.396 e. The molecular formula is C10H17N3O. The van der Waals surface area contributed by atoms with E-state index >= 15 is 0 Å². The summed E-state index contributed by atoms with van der Waals surface area (Å²) in [6.07, 6.45) is 4.69. The van der Waals surface area contributed by atoms with Crippen molar-refractivity contribution in [2.75, 3.05) is 5.73 Å². The maximum Gasteiger partial charge on any atom is 0.0775 e. The lowest BCUT2D eigenvalue weighted by atomic mass is 10.2. The molecule has 1 aromatic heterocycles. The molecule has 0 aromatic carbocycles. The van der Waals surface area contributed by atoms with Crippen molar-refractivity contribution in [3.63, 3.8) is 0 Å². The lowest BCUT2D eigenvalue weighted by Crippen LogP contribution is -2.18. The number of aromatic nitrogens is 2. The van der Waals surface area contributed by atoms with Crippen LogP contribution in [0.25, 0.3) is 0 Å². The van der Waals surface area contributed by atoms with E-state index in [1.807, 2.05) is 11.6 Å². The first-order valence-corrected chi connectivity index (χ1v) is 5.10. The molecule has 2 rings (SSSR count). The fourth-order valence-corrected chi connectivity index (χ4v) is 1.86. The number of hydrogen-bond acceptors (Lipinski definition) is 3. The Bertz CT molecular complexity index is 321. The Morgan fingerprint density at radius 3 is 2.93 bits per heavy atom. The molecule has 1 aromatic rings. The van der Waals surface area contributed by atoms with Crippen molar-refractivity contribution >= 4 is 5.69 Å². The number of hydrogen-bond donors (Lipinski definition) is 1. The lowest BCUT2D eigenvalue weighted by molar-refractivity contribution is 0.0433. The highest BCUT2D eigenvalue weighted by Gasteiger charge is 2.22. The van der Waals surface area contributed by atoms with Gasteiger partial charge in [-0.1, -0.05) is 0 Å². The van der Waals surface area contributed by atoms with Gasteiger partial charge in [0.1, 0.15) is 0 Å². The summed E-state index contributed by atoms with van der Waals surface area (Å²) in [6, 6.07) is 0. The van der Waals surface area contributed by atoms with Crippen molar-refractivity contribution in [3.8, 4) is 0 Å². The van der Waals surface area contributed by atoms with Gasteiger partial charge in [0.2, 0.25) is 0 Å². The molecule has 1 saturated heterocycles. The van der Waals surface area contributed by atoms with Crippen molar-refractivity contribution in [2.24, 2.45) is 0 Å². The van der Waals surface area contributed by atoms with Crippen molar-refractivity contribution in [1.29, 1.82) is 0 Å². The molecule has 2 unspecified atom stereocenters. The van der Waals surface area contributed by atoms with E-state index in [1.54, 1.807) is 6.20 Å². The zero-order chi connectivity index (χ0) is 10.1. The third-order valence-corrected chi connectivity index (χ3v) is 2.84. The second-order valence-corrected chi connectivity index (χ2v) is 4.01. The van der Waals surface area contributed by atoms with E-state index in [0.29, 0.717) is 12.2 Å². The summed E-state index contributed by atoms with van der Waals surface area (Å²) < 4.78 is 7.66. The predicted molar refractivity (Wildman–Crippen MR) is 54.9 cm³/mol. The minimum atomic E-state index is 0.308. The van der Waals surface area contributed by atoms with Crippen LogP contribution in [0, 0.1) is 6.92 Å². The molecule has 0 aliphatic carbocycles. The van der Waals surface area contributed by atoms with Crippen molar-refractivity contribution < 1.29 is 4.74 Å². The van der Waals surface area contributed by atoms with Gasteiger partial charge < -0.3 is 10.5 Å². The van der Waals surface area contributed by atoms with Crippen LogP contribution in [0.4, 0.5) is 5.69 Å². The number of nitrogen functional groups attached to an aromatic ring is 1. The molecule has 0 amide bonds. The standard InChI is InChI=1S/C10H17N3O/c1-7-3-4-9(14-7)6-13-8(2)10(11)5-12-13/h5,7,9H,3-4,6,11H2,1-2H3. The van der Waals surface area contributed by atoms with Crippen LogP contribution in [-0.4, -0.2) is 22.0 Å². The Balaban J connectivity index is 2.01. The molecule has 2 heterocycles. The van der Waals surface area contributed by atoms with Gasteiger partial charge in [-0.2, -0.15) is 5.10 Å². The second kappa shape index (κ2) is 3.61. The van der Waals surface area contributed by atoms with Gasteiger partial charge in [-0.3, -0.25) is 4.68 Å². The van der Waals surface area contributed by atoms with Crippen LogP contribution in [0.15, 0.2) is 6.20 Å². The predicted octanol–water partition coefficient (Wildman–Crippen LogP) is 1.34. The molecule has 78 valence electrons. The molecule has 0 radical (unpaired) electrons. The Kier molecular flexibility index (Phi) is 2.46. The lowest BCUT2D eigenvalue weighted by Gasteiger charge is -2.12. The Labute approximate surface area is 84.0 Å². The van der Waals surface area contributed by atoms with E-state index in [0.717, 1.165) is 30.8 Å². The fraction of sp³-hybridized carbons (Fsp3) is 0.700. The minimum absolute atomic E-state index is 0.308. The minimum Gasteiger partial charge on any atom is -0.396 e. The van der Waals surface area contributed by atoms with Crippen LogP contribution in [0.1, 0.15) is 25.5 Å². The quantitative estimate of drug-likeness (QED) is 0.774. The van der Waals surface area contributed by atoms with Crippen molar-refractivity contribution in [1.82, 2.24) is 9.78 Å². The monoisotopic (exact) mass is 195 g/mol. The summed E-state index contributed by atoms with van der Waals surface area (Å²) in [5.41, 5.74) is 7.51. The first-order valence-electron chi connectivity index (χ1n) is 5.10. The Morgan fingerprint density at radius 1 is 1.64 bits per heavy atom. The summed E-state index contributed by atoms with van der Waals surface area (Å²) in [4.78, 5) is 0. The SMILES string of the molecule is Cc1c(N)cnn1CC1CCC(C)O1. The molecule has 1 aliphatic heterocycles. The van der Waals surface area contributed by atoms with Gasteiger partial charge in [0.15, 0.2) is 0 Å². The van der Waals surface area contributed by atoms with E-state index in [9.17, 15) is 0 Å². The highest BCUT2D eigenvalue weighted by atomic mass is 16.5. The van der Waals surface area contributed by atoms with Crippen LogP contribution >= 0.6 is 0 Å².